The summed E-state index contributed by atoms with van der Waals surface area (Å²) in [6, 6.07) is 19.1. The van der Waals surface area contributed by atoms with E-state index >= 15 is 0 Å². The van der Waals surface area contributed by atoms with Crippen molar-refractivity contribution >= 4 is 40.4 Å². The van der Waals surface area contributed by atoms with Crippen molar-refractivity contribution in [2.75, 3.05) is 43.0 Å². The van der Waals surface area contributed by atoms with E-state index < -0.39 is 22.5 Å². The lowest BCUT2D eigenvalue weighted by atomic mass is 10.1. The summed E-state index contributed by atoms with van der Waals surface area (Å²) in [7, 11) is 0. The summed E-state index contributed by atoms with van der Waals surface area (Å²) >= 11 is 2.70. The molecule has 7 nitrogen and oxygen atoms in total. The number of carboxylic acid groups (broad SMARTS) is 1. The van der Waals surface area contributed by atoms with Crippen LogP contribution in [0.3, 0.4) is 0 Å². The van der Waals surface area contributed by atoms with Crippen LogP contribution in [0.4, 0.5) is 24.5 Å². The molecule has 1 saturated heterocycles. The lowest BCUT2D eigenvalue weighted by molar-refractivity contribution is -0.308. The first kappa shape index (κ1) is 32.2. The SMILES string of the molecule is CC(C)(Sc1ccc(NCc2sc(-c3ccc(C(F)(F)F)cc3)nc2CN2CCN(c3ccc4c(c3)CCO4)CC2)cc1)C(=O)[O-]. The molecule has 0 unspecified atom stereocenters. The third kappa shape index (κ3) is 7.45. The Hall–Kier alpha value is -3.74. The molecule has 4 aromatic rings. The van der Waals surface area contributed by atoms with Gasteiger partial charge in [0.05, 0.1) is 35.1 Å². The van der Waals surface area contributed by atoms with Gasteiger partial charge >= 0.3 is 6.18 Å². The summed E-state index contributed by atoms with van der Waals surface area (Å²) in [4.78, 5) is 22.9. The van der Waals surface area contributed by atoms with Gasteiger partial charge in [-0.05, 0) is 74.0 Å². The number of nitrogens with zero attached hydrogens (tertiary/aromatic N) is 3. The number of hydrogen-bond donors (Lipinski definition) is 1. The topological polar surface area (TPSA) is 80.8 Å². The van der Waals surface area contributed by atoms with E-state index in [1.54, 1.807) is 13.8 Å². The molecule has 0 radical (unpaired) electrons. The number of benzene rings is 3. The molecule has 2 aliphatic heterocycles. The standard InChI is InChI=1S/C34H35F3N4O3S2/c1-33(2,32(42)43)46-27-10-7-25(8-11-27)38-20-30-28(39-31(45-30)22-3-5-24(6-4-22)34(35,36)37)21-40-14-16-41(17-15-40)26-9-12-29-23(19-26)13-18-44-29/h3-12,19,38H,13-18,20-21H2,1-2H3,(H,42,43)/p-1. The van der Waals surface area contributed by atoms with Gasteiger partial charge in [0, 0.05) is 65.9 Å². The average molecular weight is 668 g/mol. The third-order valence-electron chi connectivity index (χ3n) is 8.19. The van der Waals surface area contributed by atoms with Crippen molar-refractivity contribution in [3.8, 4) is 16.3 Å². The number of ether oxygens (including phenoxy) is 1. The molecule has 3 aromatic carbocycles. The maximum Gasteiger partial charge on any atom is 0.416 e. The van der Waals surface area contributed by atoms with Crippen molar-refractivity contribution < 1.29 is 27.8 Å². The van der Waals surface area contributed by atoms with Crippen LogP contribution in [0.1, 0.15) is 35.5 Å². The summed E-state index contributed by atoms with van der Waals surface area (Å²) in [6.45, 7) is 8.55. The Kier molecular flexibility index (Phi) is 9.22. The lowest BCUT2D eigenvalue weighted by Crippen LogP contribution is -2.46. The van der Waals surface area contributed by atoms with Crippen LogP contribution in [0.5, 0.6) is 5.75 Å². The van der Waals surface area contributed by atoms with E-state index in [-0.39, 0.29) is 0 Å². The van der Waals surface area contributed by atoms with Gasteiger partial charge in [0.1, 0.15) is 10.8 Å². The second kappa shape index (κ2) is 13.2. The molecule has 0 spiro atoms. The molecule has 2 aliphatic rings. The molecular formula is C34H34F3N4O3S2-. The zero-order valence-electron chi connectivity index (χ0n) is 25.5. The molecule has 0 amide bonds. The minimum atomic E-state index is -4.40. The number of nitrogens with one attached hydrogen (secondary N) is 1. The highest BCUT2D eigenvalue weighted by atomic mass is 32.2. The Morgan fingerprint density at radius 2 is 1.74 bits per heavy atom. The number of alkyl halides is 3. The first-order valence-electron chi connectivity index (χ1n) is 15.1. The highest BCUT2D eigenvalue weighted by Crippen LogP contribution is 2.36. The number of halogens is 3. The lowest BCUT2D eigenvalue weighted by Gasteiger charge is -2.36. The van der Waals surface area contributed by atoms with Crippen molar-refractivity contribution in [1.29, 1.82) is 0 Å². The number of carbonyl (C=O) groups is 1. The maximum atomic E-state index is 13.2. The number of piperazine rings is 1. The van der Waals surface area contributed by atoms with Crippen LogP contribution in [0.15, 0.2) is 71.6 Å². The normalized spacial score (nSPS) is 15.5. The summed E-state index contributed by atoms with van der Waals surface area (Å²) in [5.74, 6) is -0.147. The van der Waals surface area contributed by atoms with Crippen LogP contribution >= 0.6 is 23.1 Å². The van der Waals surface area contributed by atoms with Crippen molar-refractivity contribution in [2.45, 2.75) is 49.2 Å². The van der Waals surface area contributed by atoms with Crippen molar-refractivity contribution in [3.05, 3.63) is 88.4 Å². The number of carboxylic acids is 1. The molecule has 1 aromatic heterocycles. The third-order valence-corrected chi connectivity index (χ3v) is 10.5. The summed E-state index contributed by atoms with van der Waals surface area (Å²) in [6.07, 6.45) is -3.46. The molecule has 1 fully saturated rings. The molecule has 1 N–H and O–H groups in total. The fraction of sp³-hybridized carbons (Fsp3) is 0.353. The van der Waals surface area contributed by atoms with Gasteiger partial charge in [-0.25, -0.2) is 4.98 Å². The van der Waals surface area contributed by atoms with E-state index in [0.29, 0.717) is 23.7 Å². The summed E-state index contributed by atoms with van der Waals surface area (Å²) < 4.78 is 44.2. The van der Waals surface area contributed by atoms with Crippen LogP contribution in [0.25, 0.3) is 10.6 Å². The van der Waals surface area contributed by atoms with E-state index in [1.165, 1.54) is 46.5 Å². The molecular weight excluding hydrogens is 634 g/mol. The van der Waals surface area contributed by atoms with Gasteiger partial charge in [0.2, 0.25) is 0 Å². The molecule has 0 bridgehead atoms. The smallest absolute Gasteiger partial charge is 0.416 e. The number of aromatic nitrogens is 1. The molecule has 3 heterocycles. The first-order valence-corrected chi connectivity index (χ1v) is 16.7. The van der Waals surface area contributed by atoms with E-state index in [0.717, 1.165) is 78.2 Å². The number of thioether (sulfide) groups is 1. The summed E-state index contributed by atoms with van der Waals surface area (Å²) in [5.41, 5.74) is 4.18. The van der Waals surface area contributed by atoms with Crippen molar-refractivity contribution in [3.63, 3.8) is 0 Å². The molecule has 242 valence electrons. The zero-order valence-corrected chi connectivity index (χ0v) is 27.2. The predicted octanol–water partition coefficient (Wildman–Crippen LogP) is 6.32. The molecule has 46 heavy (non-hydrogen) atoms. The van der Waals surface area contributed by atoms with Crippen LogP contribution in [0.2, 0.25) is 0 Å². The molecule has 0 aliphatic carbocycles. The van der Waals surface area contributed by atoms with E-state index in [9.17, 15) is 23.1 Å². The average Bonchev–Trinajstić information content (AvgIpc) is 3.67. The fourth-order valence-corrected chi connectivity index (χ4v) is 7.44. The second-order valence-electron chi connectivity index (χ2n) is 11.9. The monoisotopic (exact) mass is 667 g/mol. The minimum absolute atomic E-state index is 0.488. The van der Waals surface area contributed by atoms with Crippen LogP contribution < -0.4 is 20.1 Å². The van der Waals surface area contributed by atoms with E-state index in [1.807, 2.05) is 24.3 Å². The largest absolute Gasteiger partial charge is 0.549 e. The number of thiazole rings is 1. The highest BCUT2D eigenvalue weighted by molar-refractivity contribution is 8.01. The van der Waals surface area contributed by atoms with Crippen LogP contribution in [-0.2, 0) is 30.5 Å². The molecule has 12 heteroatoms. The zero-order chi connectivity index (χ0) is 32.5. The number of rotatable bonds is 10. The fourth-order valence-electron chi connectivity index (χ4n) is 5.48. The molecule has 6 rings (SSSR count). The Morgan fingerprint density at radius 3 is 2.41 bits per heavy atom. The first-order chi connectivity index (χ1) is 21.9. The van der Waals surface area contributed by atoms with Crippen molar-refractivity contribution in [1.82, 2.24) is 9.88 Å². The van der Waals surface area contributed by atoms with Gasteiger partial charge in [-0.3, -0.25) is 4.90 Å². The van der Waals surface area contributed by atoms with Crippen molar-refractivity contribution in [2.24, 2.45) is 0 Å². The minimum Gasteiger partial charge on any atom is -0.549 e. The van der Waals surface area contributed by atoms with Gasteiger partial charge < -0.3 is 24.9 Å². The number of anilines is 2. The Balaban J connectivity index is 1.16. The van der Waals surface area contributed by atoms with Gasteiger partial charge in [-0.15, -0.1) is 23.1 Å². The quantitative estimate of drug-likeness (QED) is 0.197. The highest BCUT2D eigenvalue weighted by Gasteiger charge is 2.30. The van der Waals surface area contributed by atoms with Crippen LogP contribution in [0, 0.1) is 0 Å². The molecule has 0 atom stereocenters. The predicted molar refractivity (Wildman–Crippen MR) is 174 cm³/mol. The number of fused-ring (bicyclic) bond motifs is 1. The number of hydrogen-bond acceptors (Lipinski definition) is 9. The van der Waals surface area contributed by atoms with Gasteiger partial charge in [0.25, 0.3) is 0 Å². The number of aliphatic carboxylic acids is 1. The Labute approximate surface area is 274 Å². The Bertz CT molecular complexity index is 1680. The Morgan fingerprint density at radius 1 is 1.02 bits per heavy atom. The van der Waals surface area contributed by atoms with Gasteiger partial charge in [-0.1, -0.05) is 12.1 Å². The number of carbonyl (C=O) groups excluding carboxylic acids is 1. The maximum absolute atomic E-state index is 13.2. The van der Waals surface area contributed by atoms with Crippen LogP contribution in [-0.4, -0.2) is 53.4 Å². The van der Waals surface area contributed by atoms with E-state index in [2.05, 4.69) is 33.3 Å². The van der Waals surface area contributed by atoms with E-state index in [4.69, 9.17) is 9.72 Å². The van der Waals surface area contributed by atoms with Gasteiger partial charge in [-0.2, -0.15) is 13.2 Å². The molecule has 0 saturated carbocycles. The summed E-state index contributed by atoms with van der Waals surface area (Å²) in [5, 5.41) is 15.5. The second-order valence-corrected chi connectivity index (χ2v) is 14.7. The van der Waals surface area contributed by atoms with Gasteiger partial charge in [0.15, 0.2) is 0 Å².